The van der Waals surface area contributed by atoms with Crippen molar-refractivity contribution in [1.29, 1.82) is 0 Å². The van der Waals surface area contributed by atoms with Gasteiger partial charge >= 0.3 is 0 Å². The lowest BCUT2D eigenvalue weighted by molar-refractivity contribution is 0.150. The molecule has 0 amide bonds. The van der Waals surface area contributed by atoms with Crippen molar-refractivity contribution in [2.75, 3.05) is 62.8 Å². The second-order valence-electron chi connectivity index (χ2n) is 8.45. The lowest BCUT2D eigenvalue weighted by atomic mass is 10.0. The van der Waals surface area contributed by atoms with E-state index in [1.165, 1.54) is 44.3 Å². The summed E-state index contributed by atoms with van der Waals surface area (Å²) in [6, 6.07) is 2.90. The molecule has 4 heterocycles. The lowest BCUT2D eigenvalue weighted by Gasteiger charge is -2.38. The van der Waals surface area contributed by atoms with Gasteiger partial charge in [0.2, 0.25) is 5.95 Å². The Hall–Kier alpha value is -1.40. The van der Waals surface area contributed by atoms with Crippen LogP contribution in [0.25, 0.3) is 0 Å². The standard InChI is InChI=1S/C21H35N5O/c1-3-18-14-20(23-21(22-18)26-9-4-5-10-26)25-11-6-19(7-12-25)24(2)15-17-8-13-27-16-17/h14,17,19H,3-13,15-16H2,1-2H3. The molecule has 0 N–H and O–H groups in total. The maximum atomic E-state index is 5.54. The van der Waals surface area contributed by atoms with Gasteiger partial charge in [-0.1, -0.05) is 6.92 Å². The third-order valence-electron chi connectivity index (χ3n) is 6.49. The van der Waals surface area contributed by atoms with E-state index < -0.39 is 0 Å². The van der Waals surface area contributed by atoms with Crippen molar-refractivity contribution in [3.8, 4) is 0 Å². The Bertz CT molecular complexity index is 605. The minimum atomic E-state index is 0.687. The van der Waals surface area contributed by atoms with Crippen LogP contribution in [0.15, 0.2) is 6.07 Å². The molecule has 1 aromatic rings. The second kappa shape index (κ2) is 8.74. The minimum Gasteiger partial charge on any atom is -0.381 e. The van der Waals surface area contributed by atoms with Crippen LogP contribution >= 0.6 is 0 Å². The topological polar surface area (TPSA) is 44.7 Å². The first-order valence-electron chi connectivity index (χ1n) is 10.9. The molecule has 0 bridgehead atoms. The Morgan fingerprint density at radius 2 is 1.85 bits per heavy atom. The van der Waals surface area contributed by atoms with Crippen molar-refractivity contribution >= 4 is 11.8 Å². The number of nitrogens with zero attached hydrogens (tertiary/aromatic N) is 5. The number of aromatic nitrogens is 2. The van der Waals surface area contributed by atoms with Gasteiger partial charge in [0.25, 0.3) is 0 Å². The number of rotatable bonds is 6. The van der Waals surface area contributed by atoms with Crippen molar-refractivity contribution < 1.29 is 4.74 Å². The SMILES string of the molecule is CCc1cc(N2CCC(N(C)CC3CCOC3)CC2)nc(N2CCCC2)n1. The fraction of sp³-hybridized carbons (Fsp3) is 0.810. The van der Waals surface area contributed by atoms with Crippen LogP contribution in [0, 0.1) is 5.92 Å². The highest BCUT2D eigenvalue weighted by Crippen LogP contribution is 2.26. The van der Waals surface area contributed by atoms with Crippen LogP contribution < -0.4 is 9.80 Å². The van der Waals surface area contributed by atoms with Crippen LogP contribution in [-0.4, -0.2) is 73.9 Å². The fourth-order valence-electron chi connectivity index (χ4n) is 4.69. The summed E-state index contributed by atoms with van der Waals surface area (Å²) in [6.07, 6.45) is 7.16. The predicted molar refractivity (Wildman–Crippen MR) is 110 cm³/mol. The minimum absolute atomic E-state index is 0.687. The highest BCUT2D eigenvalue weighted by molar-refractivity contribution is 5.47. The zero-order valence-corrected chi connectivity index (χ0v) is 17.1. The van der Waals surface area contributed by atoms with Crippen LogP contribution in [0.2, 0.25) is 0 Å². The molecule has 0 radical (unpaired) electrons. The van der Waals surface area contributed by atoms with Gasteiger partial charge in [0.05, 0.1) is 6.61 Å². The third kappa shape index (κ3) is 4.54. The van der Waals surface area contributed by atoms with Crippen LogP contribution in [0.5, 0.6) is 0 Å². The number of hydrogen-bond acceptors (Lipinski definition) is 6. The summed E-state index contributed by atoms with van der Waals surface area (Å²) in [6.45, 7) is 9.65. The van der Waals surface area contributed by atoms with E-state index in [1.54, 1.807) is 0 Å². The van der Waals surface area contributed by atoms with E-state index >= 15 is 0 Å². The maximum absolute atomic E-state index is 5.54. The molecule has 6 heteroatoms. The van der Waals surface area contributed by atoms with Crippen molar-refractivity contribution in [2.45, 2.75) is 51.5 Å². The normalized spacial score (nSPS) is 24.3. The first-order chi connectivity index (χ1) is 13.2. The summed E-state index contributed by atoms with van der Waals surface area (Å²) in [5, 5.41) is 0. The van der Waals surface area contributed by atoms with Gasteiger partial charge in [-0.2, -0.15) is 4.98 Å². The lowest BCUT2D eigenvalue weighted by Crippen LogP contribution is -2.45. The van der Waals surface area contributed by atoms with Gasteiger partial charge < -0.3 is 19.4 Å². The Balaban J connectivity index is 1.37. The summed E-state index contributed by atoms with van der Waals surface area (Å²) >= 11 is 0. The molecule has 0 aromatic carbocycles. The van der Waals surface area contributed by atoms with Crippen LogP contribution in [0.3, 0.4) is 0 Å². The molecular formula is C21H35N5O. The highest BCUT2D eigenvalue weighted by atomic mass is 16.5. The molecule has 0 aliphatic carbocycles. The number of aryl methyl sites for hydroxylation is 1. The summed E-state index contributed by atoms with van der Waals surface area (Å²) in [4.78, 5) is 17.2. The molecule has 150 valence electrons. The maximum Gasteiger partial charge on any atom is 0.227 e. The summed E-state index contributed by atoms with van der Waals surface area (Å²) < 4.78 is 5.54. The van der Waals surface area contributed by atoms with E-state index in [2.05, 4.69) is 34.7 Å². The first-order valence-corrected chi connectivity index (χ1v) is 10.9. The third-order valence-corrected chi connectivity index (χ3v) is 6.49. The molecule has 6 nitrogen and oxygen atoms in total. The van der Waals surface area contributed by atoms with Crippen molar-refractivity contribution in [3.05, 3.63) is 11.8 Å². The Morgan fingerprint density at radius 3 is 2.52 bits per heavy atom. The molecular weight excluding hydrogens is 338 g/mol. The Kier molecular flexibility index (Phi) is 6.13. The van der Waals surface area contributed by atoms with Crippen LogP contribution in [0.4, 0.5) is 11.8 Å². The molecule has 3 aliphatic heterocycles. The predicted octanol–water partition coefficient (Wildman–Crippen LogP) is 2.58. The summed E-state index contributed by atoms with van der Waals surface area (Å²) in [7, 11) is 2.30. The highest BCUT2D eigenvalue weighted by Gasteiger charge is 2.27. The molecule has 3 fully saturated rings. The largest absolute Gasteiger partial charge is 0.381 e. The van der Waals surface area contributed by atoms with E-state index in [0.717, 1.165) is 63.5 Å². The average Bonchev–Trinajstić information content (AvgIpc) is 3.42. The number of piperidine rings is 1. The molecule has 1 unspecified atom stereocenters. The second-order valence-corrected chi connectivity index (χ2v) is 8.45. The van der Waals surface area contributed by atoms with Gasteiger partial charge in [0.1, 0.15) is 5.82 Å². The molecule has 3 saturated heterocycles. The van der Waals surface area contributed by atoms with Gasteiger partial charge in [-0.05, 0) is 51.5 Å². The zero-order chi connectivity index (χ0) is 18.6. The van der Waals surface area contributed by atoms with E-state index in [0.29, 0.717) is 6.04 Å². The quantitative estimate of drug-likeness (QED) is 0.764. The average molecular weight is 374 g/mol. The van der Waals surface area contributed by atoms with Crippen molar-refractivity contribution in [2.24, 2.45) is 5.92 Å². The number of hydrogen-bond donors (Lipinski definition) is 0. The van der Waals surface area contributed by atoms with Crippen LogP contribution in [0.1, 0.15) is 44.7 Å². The van der Waals surface area contributed by atoms with Gasteiger partial charge in [0.15, 0.2) is 0 Å². The Morgan fingerprint density at radius 1 is 1.07 bits per heavy atom. The van der Waals surface area contributed by atoms with Crippen molar-refractivity contribution in [1.82, 2.24) is 14.9 Å². The number of ether oxygens (including phenoxy) is 1. The summed E-state index contributed by atoms with van der Waals surface area (Å²) in [5.41, 5.74) is 1.17. The first kappa shape index (κ1) is 18.9. The monoisotopic (exact) mass is 373 g/mol. The molecule has 3 aliphatic rings. The molecule has 1 atom stereocenters. The molecule has 1 aromatic heterocycles. The van der Waals surface area contributed by atoms with E-state index in [9.17, 15) is 0 Å². The fourth-order valence-corrected chi connectivity index (χ4v) is 4.69. The van der Waals surface area contributed by atoms with Gasteiger partial charge in [0, 0.05) is 57.1 Å². The zero-order valence-electron chi connectivity index (χ0n) is 17.1. The smallest absolute Gasteiger partial charge is 0.227 e. The Labute approximate surface area is 163 Å². The van der Waals surface area contributed by atoms with Crippen LogP contribution in [-0.2, 0) is 11.2 Å². The van der Waals surface area contributed by atoms with E-state index in [1.807, 2.05) is 0 Å². The van der Waals surface area contributed by atoms with E-state index in [-0.39, 0.29) is 0 Å². The van der Waals surface area contributed by atoms with Crippen molar-refractivity contribution in [3.63, 3.8) is 0 Å². The molecule has 4 rings (SSSR count). The van der Waals surface area contributed by atoms with Gasteiger partial charge in [-0.3, -0.25) is 0 Å². The molecule has 0 saturated carbocycles. The van der Waals surface area contributed by atoms with E-state index in [4.69, 9.17) is 14.7 Å². The molecule has 27 heavy (non-hydrogen) atoms. The van der Waals surface area contributed by atoms with Gasteiger partial charge in [-0.25, -0.2) is 4.98 Å². The summed E-state index contributed by atoms with van der Waals surface area (Å²) in [5.74, 6) is 2.81. The molecule has 0 spiro atoms. The van der Waals surface area contributed by atoms with Gasteiger partial charge in [-0.15, -0.1) is 0 Å². The number of anilines is 2.